The Morgan fingerprint density at radius 1 is 0.947 bits per heavy atom. The molecule has 100 valence electrons. The van der Waals surface area contributed by atoms with Gasteiger partial charge in [0.15, 0.2) is 0 Å². The molecular weight excluding hydrogens is 265 g/mol. The van der Waals surface area contributed by atoms with Gasteiger partial charge < -0.3 is 5.11 Å². The van der Waals surface area contributed by atoms with E-state index in [0.717, 1.165) is 11.1 Å². The van der Waals surface area contributed by atoms with Crippen molar-refractivity contribution < 1.29 is 13.9 Å². The summed E-state index contributed by atoms with van der Waals surface area (Å²) in [5, 5.41) is 10.3. The zero-order valence-electron chi connectivity index (χ0n) is 10.6. The van der Waals surface area contributed by atoms with Crippen molar-refractivity contribution in [3.05, 3.63) is 59.7 Å². The Morgan fingerprint density at radius 3 is 1.84 bits per heavy atom. The summed E-state index contributed by atoms with van der Waals surface area (Å²) in [5.41, 5.74) is 1.79. The fourth-order valence-corrected chi connectivity index (χ4v) is 3.53. The molecule has 1 N–H and O–H groups in total. The van der Waals surface area contributed by atoms with Gasteiger partial charge in [0.1, 0.15) is 0 Å². The highest BCUT2D eigenvalue weighted by Crippen LogP contribution is 2.41. The first kappa shape index (κ1) is 14.1. The summed E-state index contributed by atoms with van der Waals surface area (Å²) >= 11 is 0. The summed E-state index contributed by atoms with van der Waals surface area (Å²) < 4.78 is 26.7. The van der Waals surface area contributed by atoms with Gasteiger partial charge in [-0.25, -0.2) is 8.78 Å². The van der Waals surface area contributed by atoms with Gasteiger partial charge in [-0.05, 0) is 23.1 Å². The molecule has 0 amide bonds. The van der Waals surface area contributed by atoms with Crippen LogP contribution >= 0.6 is 7.92 Å². The highest BCUT2D eigenvalue weighted by molar-refractivity contribution is 7.73. The predicted molar refractivity (Wildman–Crippen MR) is 75.7 cm³/mol. The number of halogens is 2. The Balaban J connectivity index is 2.36. The molecule has 0 aromatic heterocycles. The Labute approximate surface area is 112 Å². The topological polar surface area (TPSA) is 20.2 Å². The minimum Gasteiger partial charge on any atom is -0.392 e. The molecule has 19 heavy (non-hydrogen) atoms. The van der Waals surface area contributed by atoms with Gasteiger partial charge >= 0.3 is 0 Å². The maximum absolute atomic E-state index is 13.3. The normalized spacial score (nSPS) is 12.7. The van der Waals surface area contributed by atoms with E-state index in [-0.39, 0.29) is 6.61 Å². The maximum atomic E-state index is 13.3. The van der Waals surface area contributed by atoms with Gasteiger partial charge in [-0.1, -0.05) is 54.1 Å². The predicted octanol–water partition coefficient (Wildman–Crippen LogP) is 3.14. The fraction of sp³-hybridized carbons (Fsp3) is 0.200. The number of hydrogen-bond donors (Lipinski definition) is 1. The lowest BCUT2D eigenvalue weighted by Gasteiger charge is -2.18. The number of aliphatic hydroxyl groups is 1. The van der Waals surface area contributed by atoms with E-state index >= 15 is 0 Å². The third-order valence-electron chi connectivity index (χ3n) is 2.90. The zero-order valence-corrected chi connectivity index (χ0v) is 11.4. The molecule has 2 rings (SSSR count). The first-order chi connectivity index (χ1) is 9.11. The number of rotatable bonds is 4. The summed E-state index contributed by atoms with van der Waals surface area (Å²) in [4.78, 5) is 0. The van der Waals surface area contributed by atoms with Crippen molar-refractivity contribution in [2.75, 3.05) is 0 Å². The second-order valence-electron chi connectivity index (χ2n) is 4.31. The molecule has 0 spiro atoms. The average molecular weight is 280 g/mol. The van der Waals surface area contributed by atoms with Crippen molar-refractivity contribution in [3.63, 3.8) is 0 Å². The van der Waals surface area contributed by atoms with Crippen molar-refractivity contribution in [2.45, 2.75) is 19.7 Å². The fourth-order valence-electron chi connectivity index (χ4n) is 1.84. The lowest BCUT2D eigenvalue weighted by atomic mass is 10.2. The van der Waals surface area contributed by atoms with E-state index < -0.39 is 14.1 Å². The molecule has 1 unspecified atom stereocenters. The van der Waals surface area contributed by atoms with Crippen molar-refractivity contribution in [1.82, 2.24) is 0 Å². The number of alkyl halides is 2. The summed E-state index contributed by atoms with van der Waals surface area (Å²) in [6, 6.07) is 14.0. The second-order valence-corrected chi connectivity index (χ2v) is 6.47. The Hall–Kier alpha value is -1.31. The van der Waals surface area contributed by atoms with E-state index in [2.05, 4.69) is 0 Å². The zero-order chi connectivity index (χ0) is 13.8. The molecule has 1 nitrogen and oxygen atoms in total. The van der Waals surface area contributed by atoms with E-state index in [0.29, 0.717) is 10.6 Å². The maximum Gasteiger partial charge on any atom is 0.263 e. The van der Waals surface area contributed by atoms with Gasteiger partial charge in [-0.2, -0.15) is 0 Å². The van der Waals surface area contributed by atoms with Crippen molar-refractivity contribution >= 4 is 18.5 Å². The Kier molecular flexibility index (Phi) is 4.62. The average Bonchev–Trinajstić information content (AvgIpc) is 2.42. The van der Waals surface area contributed by atoms with Crippen LogP contribution in [0.1, 0.15) is 11.1 Å². The molecule has 2 aromatic carbocycles. The largest absolute Gasteiger partial charge is 0.392 e. The third-order valence-corrected chi connectivity index (χ3v) is 5.00. The van der Waals surface area contributed by atoms with Crippen LogP contribution in [0.2, 0.25) is 0 Å². The lowest BCUT2D eigenvalue weighted by Crippen LogP contribution is -2.16. The highest BCUT2D eigenvalue weighted by atomic mass is 31.1. The monoisotopic (exact) mass is 280 g/mol. The molecular formula is C15H15F2OP. The molecule has 0 aliphatic heterocycles. The van der Waals surface area contributed by atoms with Crippen LogP contribution in [-0.4, -0.2) is 11.3 Å². The molecule has 4 heteroatoms. The van der Waals surface area contributed by atoms with E-state index in [1.54, 1.807) is 36.4 Å². The van der Waals surface area contributed by atoms with Crippen molar-refractivity contribution in [1.29, 1.82) is 0 Å². The minimum atomic E-state index is -2.39. The van der Waals surface area contributed by atoms with Gasteiger partial charge in [-0.3, -0.25) is 0 Å². The van der Waals surface area contributed by atoms with Crippen molar-refractivity contribution in [3.8, 4) is 0 Å². The van der Waals surface area contributed by atoms with Gasteiger partial charge in [0.2, 0.25) is 0 Å². The van der Waals surface area contributed by atoms with Crippen LogP contribution in [0.5, 0.6) is 0 Å². The molecule has 0 aliphatic carbocycles. The number of aliphatic hydroxyl groups excluding tert-OH is 1. The van der Waals surface area contributed by atoms with Gasteiger partial charge in [-0.15, -0.1) is 0 Å². The Bertz CT molecular complexity index is 523. The standard InChI is InChI=1S/C15H15F2OP/c1-11-2-6-13(7-3-11)19(15(16)17)14-8-4-12(10-18)5-9-14/h2-9,15,18H,10H2,1H3. The first-order valence-corrected chi connectivity index (χ1v) is 7.37. The first-order valence-electron chi connectivity index (χ1n) is 5.95. The number of aryl methyl sites for hydroxylation is 1. The summed E-state index contributed by atoms with van der Waals surface area (Å²) in [5.74, 6) is 0. The SMILES string of the molecule is Cc1ccc(P(c2ccc(CO)cc2)C(F)F)cc1. The van der Waals surface area contributed by atoms with E-state index in [1.165, 1.54) is 0 Å². The van der Waals surface area contributed by atoms with Crippen LogP contribution in [0.4, 0.5) is 8.78 Å². The summed E-state index contributed by atoms with van der Waals surface area (Å²) in [6.45, 7) is 1.86. The van der Waals surface area contributed by atoms with Crippen LogP contribution in [0, 0.1) is 6.92 Å². The number of hydrogen-bond acceptors (Lipinski definition) is 1. The molecule has 0 radical (unpaired) electrons. The molecule has 0 aliphatic rings. The minimum absolute atomic E-state index is 0.0720. The van der Waals surface area contributed by atoms with Gasteiger partial charge in [0, 0.05) is 7.92 Å². The molecule has 0 fully saturated rings. The quantitative estimate of drug-likeness (QED) is 0.853. The van der Waals surface area contributed by atoms with Crippen LogP contribution < -0.4 is 10.6 Å². The van der Waals surface area contributed by atoms with Crippen LogP contribution in [0.25, 0.3) is 0 Å². The van der Waals surface area contributed by atoms with Gasteiger partial charge in [0.05, 0.1) is 6.61 Å². The van der Waals surface area contributed by atoms with Crippen LogP contribution in [-0.2, 0) is 6.61 Å². The lowest BCUT2D eigenvalue weighted by molar-refractivity contribution is 0.247. The Morgan fingerprint density at radius 2 is 1.42 bits per heavy atom. The van der Waals surface area contributed by atoms with Crippen LogP contribution in [0.15, 0.2) is 48.5 Å². The molecule has 0 saturated heterocycles. The molecule has 0 heterocycles. The van der Waals surface area contributed by atoms with E-state index in [1.807, 2.05) is 19.1 Å². The van der Waals surface area contributed by atoms with E-state index in [9.17, 15) is 8.78 Å². The molecule has 0 bridgehead atoms. The van der Waals surface area contributed by atoms with Crippen molar-refractivity contribution in [2.24, 2.45) is 0 Å². The number of benzene rings is 2. The van der Waals surface area contributed by atoms with Gasteiger partial charge in [0.25, 0.3) is 6.17 Å². The molecule has 2 aromatic rings. The van der Waals surface area contributed by atoms with E-state index in [4.69, 9.17) is 5.11 Å². The smallest absolute Gasteiger partial charge is 0.263 e. The highest BCUT2D eigenvalue weighted by Gasteiger charge is 2.23. The second kappa shape index (κ2) is 6.23. The summed E-state index contributed by atoms with van der Waals surface area (Å²) in [7, 11) is -1.65. The molecule has 1 atom stereocenters. The molecule has 0 saturated carbocycles. The third kappa shape index (κ3) is 3.37. The summed E-state index contributed by atoms with van der Waals surface area (Å²) in [6.07, 6.45) is -2.39. The van der Waals surface area contributed by atoms with Crippen LogP contribution in [0.3, 0.4) is 0 Å².